The largest absolute Gasteiger partial charge is 0.466 e. The van der Waals surface area contributed by atoms with Gasteiger partial charge in [-0.2, -0.15) is 5.10 Å². The van der Waals surface area contributed by atoms with Gasteiger partial charge >= 0.3 is 0 Å². The Morgan fingerprint density at radius 2 is 1.79 bits per heavy atom. The normalized spacial score (nSPS) is 11.3. The molecule has 0 saturated heterocycles. The number of furan rings is 1. The Labute approximate surface area is 191 Å². The van der Waals surface area contributed by atoms with Crippen molar-refractivity contribution in [2.75, 3.05) is 5.32 Å². The highest BCUT2D eigenvalue weighted by atomic mass is 16.3. The number of fused-ring (bicyclic) bond motifs is 1. The predicted molar refractivity (Wildman–Crippen MR) is 131 cm³/mol. The first kappa shape index (κ1) is 20.8. The number of aromatic amines is 1. The molecule has 0 aliphatic rings. The number of hydrogen-bond donors (Lipinski definition) is 2. The van der Waals surface area contributed by atoms with Gasteiger partial charge in [0.05, 0.1) is 11.2 Å². The molecule has 1 aromatic carbocycles. The van der Waals surface area contributed by atoms with Crippen LogP contribution in [0.3, 0.4) is 0 Å². The highest BCUT2D eigenvalue weighted by molar-refractivity contribution is 5.85. The van der Waals surface area contributed by atoms with Crippen LogP contribution in [-0.2, 0) is 7.05 Å². The minimum absolute atomic E-state index is 0.0405. The standard InChI is InChI=1S/C26H25N5O2/c1-14-6-7-19(28-25-12-23(29-30-25)21-9-16(3)33-17(21)4)11-20(14)22-10-18-13-27-15(2)8-24(18)31(5)26(22)32/h6-13H,1-5H3,(H2,28,29,30). The number of anilines is 2. The van der Waals surface area contributed by atoms with Gasteiger partial charge in [0.1, 0.15) is 11.5 Å². The average molecular weight is 440 g/mol. The molecule has 5 rings (SSSR count). The summed E-state index contributed by atoms with van der Waals surface area (Å²) >= 11 is 0. The summed E-state index contributed by atoms with van der Waals surface area (Å²) in [7, 11) is 1.80. The van der Waals surface area contributed by atoms with Gasteiger partial charge in [-0.1, -0.05) is 6.07 Å². The summed E-state index contributed by atoms with van der Waals surface area (Å²) in [6, 6.07) is 13.8. The lowest BCUT2D eigenvalue weighted by atomic mass is 9.99. The van der Waals surface area contributed by atoms with Crippen LogP contribution in [0.1, 0.15) is 22.8 Å². The Morgan fingerprint density at radius 3 is 2.55 bits per heavy atom. The van der Waals surface area contributed by atoms with Crippen molar-refractivity contribution in [1.29, 1.82) is 0 Å². The van der Waals surface area contributed by atoms with Crippen molar-refractivity contribution in [3.05, 3.63) is 81.8 Å². The van der Waals surface area contributed by atoms with Crippen LogP contribution in [0.4, 0.5) is 11.5 Å². The Balaban J connectivity index is 1.52. The van der Waals surface area contributed by atoms with Crippen molar-refractivity contribution >= 4 is 22.4 Å². The van der Waals surface area contributed by atoms with Crippen LogP contribution >= 0.6 is 0 Å². The van der Waals surface area contributed by atoms with Crippen LogP contribution in [0.5, 0.6) is 0 Å². The monoisotopic (exact) mass is 439 g/mol. The highest BCUT2D eigenvalue weighted by Crippen LogP contribution is 2.30. The van der Waals surface area contributed by atoms with Gasteiger partial charge in [0.2, 0.25) is 0 Å². The van der Waals surface area contributed by atoms with Crippen LogP contribution in [0, 0.1) is 27.7 Å². The van der Waals surface area contributed by atoms with Gasteiger partial charge in [0, 0.05) is 47.2 Å². The first-order valence-corrected chi connectivity index (χ1v) is 10.8. The Kier molecular flexibility index (Phi) is 4.89. The maximum atomic E-state index is 13.2. The third-order valence-corrected chi connectivity index (χ3v) is 5.95. The summed E-state index contributed by atoms with van der Waals surface area (Å²) < 4.78 is 7.32. The van der Waals surface area contributed by atoms with E-state index in [0.29, 0.717) is 11.4 Å². The zero-order valence-electron chi connectivity index (χ0n) is 19.3. The average Bonchev–Trinajstić information content (AvgIpc) is 3.38. The van der Waals surface area contributed by atoms with Crippen molar-refractivity contribution in [3.8, 4) is 22.4 Å². The van der Waals surface area contributed by atoms with E-state index in [0.717, 1.165) is 56.2 Å². The molecule has 0 fully saturated rings. The van der Waals surface area contributed by atoms with E-state index in [-0.39, 0.29) is 5.56 Å². The van der Waals surface area contributed by atoms with Gasteiger partial charge in [0.25, 0.3) is 5.56 Å². The number of hydrogen-bond acceptors (Lipinski definition) is 5. The van der Waals surface area contributed by atoms with Gasteiger partial charge < -0.3 is 14.3 Å². The Hall–Kier alpha value is -4.13. The maximum Gasteiger partial charge on any atom is 0.258 e. The molecule has 0 bridgehead atoms. The Bertz CT molecular complexity index is 1570. The molecule has 0 radical (unpaired) electrons. The highest BCUT2D eigenvalue weighted by Gasteiger charge is 2.14. The van der Waals surface area contributed by atoms with Crippen molar-refractivity contribution in [1.82, 2.24) is 19.7 Å². The quantitative estimate of drug-likeness (QED) is 0.383. The molecule has 0 atom stereocenters. The zero-order chi connectivity index (χ0) is 23.3. The van der Waals surface area contributed by atoms with Crippen molar-refractivity contribution < 1.29 is 4.42 Å². The molecule has 0 aliphatic carbocycles. The summed E-state index contributed by atoms with van der Waals surface area (Å²) in [6.45, 7) is 7.79. The number of pyridine rings is 2. The molecule has 166 valence electrons. The van der Waals surface area contributed by atoms with Crippen molar-refractivity contribution in [2.24, 2.45) is 7.05 Å². The second-order valence-electron chi connectivity index (χ2n) is 8.46. The lowest BCUT2D eigenvalue weighted by molar-refractivity contribution is 0.505. The molecule has 2 N–H and O–H groups in total. The van der Waals surface area contributed by atoms with E-state index in [1.165, 1.54) is 0 Å². The van der Waals surface area contributed by atoms with E-state index in [1.807, 2.05) is 76.4 Å². The molecule has 4 aromatic heterocycles. The molecule has 0 saturated carbocycles. The van der Waals surface area contributed by atoms with Crippen molar-refractivity contribution in [3.63, 3.8) is 0 Å². The summed E-state index contributed by atoms with van der Waals surface area (Å²) in [6.07, 6.45) is 1.82. The van der Waals surface area contributed by atoms with Gasteiger partial charge in [-0.15, -0.1) is 0 Å². The predicted octanol–water partition coefficient (Wildman–Crippen LogP) is 5.56. The maximum absolute atomic E-state index is 13.2. The minimum Gasteiger partial charge on any atom is -0.466 e. The zero-order valence-corrected chi connectivity index (χ0v) is 19.3. The van der Waals surface area contributed by atoms with E-state index in [2.05, 4.69) is 20.5 Å². The van der Waals surface area contributed by atoms with Crippen molar-refractivity contribution in [2.45, 2.75) is 27.7 Å². The van der Waals surface area contributed by atoms with Gasteiger partial charge in [-0.3, -0.25) is 14.9 Å². The van der Waals surface area contributed by atoms with Crippen LogP contribution in [-0.4, -0.2) is 19.7 Å². The fourth-order valence-electron chi connectivity index (χ4n) is 4.22. The van der Waals surface area contributed by atoms with E-state index in [9.17, 15) is 4.79 Å². The van der Waals surface area contributed by atoms with E-state index < -0.39 is 0 Å². The van der Waals surface area contributed by atoms with Crippen LogP contribution in [0.2, 0.25) is 0 Å². The number of nitrogens with zero attached hydrogens (tertiary/aromatic N) is 3. The fraction of sp³-hybridized carbons (Fsp3) is 0.192. The molecular weight excluding hydrogens is 414 g/mol. The fourth-order valence-corrected chi connectivity index (χ4v) is 4.22. The Morgan fingerprint density at radius 1 is 0.970 bits per heavy atom. The first-order chi connectivity index (χ1) is 15.8. The molecular formula is C26H25N5O2. The molecule has 0 unspecified atom stereocenters. The summed E-state index contributed by atoms with van der Waals surface area (Å²) in [5.41, 5.74) is 6.96. The SMILES string of the molecule is Cc1cc2c(cn1)cc(-c1cc(Nc3cc(-c4cc(C)oc4C)[nH]n3)ccc1C)c(=O)n2C. The van der Waals surface area contributed by atoms with E-state index in [4.69, 9.17) is 4.42 Å². The lowest BCUT2D eigenvalue weighted by Crippen LogP contribution is -2.19. The molecule has 0 amide bonds. The summed E-state index contributed by atoms with van der Waals surface area (Å²) in [5.74, 6) is 2.39. The van der Waals surface area contributed by atoms with Gasteiger partial charge in [0.15, 0.2) is 5.82 Å². The molecule has 0 spiro atoms. The van der Waals surface area contributed by atoms with Crippen LogP contribution < -0.4 is 10.9 Å². The molecule has 33 heavy (non-hydrogen) atoms. The lowest BCUT2D eigenvalue weighted by Gasteiger charge is -2.13. The molecule has 7 nitrogen and oxygen atoms in total. The third kappa shape index (κ3) is 3.71. The molecule has 4 heterocycles. The van der Waals surface area contributed by atoms with Gasteiger partial charge in [-0.05, 0) is 69.2 Å². The van der Waals surface area contributed by atoms with E-state index >= 15 is 0 Å². The summed E-state index contributed by atoms with van der Waals surface area (Å²) in [5, 5.41) is 11.7. The second-order valence-corrected chi connectivity index (χ2v) is 8.46. The number of aromatic nitrogens is 4. The van der Waals surface area contributed by atoms with Crippen LogP contribution in [0.15, 0.2) is 57.9 Å². The number of H-pyrrole nitrogens is 1. The second kappa shape index (κ2) is 7.78. The number of aryl methyl sites for hydroxylation is 5. The number of nitrogens with one attached hydrogen (secondary N) is 2. The molecule has 0 aliphatic heterocycles. The topological polar surface area (TPSA) is 88.7 Å². The molecule has 5 aromatic rings. The minimum atomic E-state index is -0.0405. The number of rotatable bonds is 4. The van der Waals surface area contributed by atoms with E-state index in [1.54, 1.807) is 11.6 Å². The van der Waals surface area contributed by atoms with Crippen LogP contribution in [0.25, 0.3) is 33.3 Å². The smallest absolute Gasteiger partial charge is 0.258 e. The number of benzene rings is 1. The first-order valence-electron chi connectivity index (χ1n) is 10.8. The summed E-state index contributed by atoms with van der Waals surface area (Å²) in [4.78, 5) is 17.6. The van der Waals surface area contributed by atoms with Gasteiger partial charge in [-0.25, -0.2) is 0 Å². The molecule has 7 heteroatoms. The third-order valence-electron chi connectivity index (χ3n) is 5.95.